The second-order valence-electron chi connectivity index (χ2n) is 7.96. The van der Waals surface area contributed by atoms with E-state index in [0.717, 1.165) is 39.2 Å². The molecule has 0 atom stereocenters. The summed E-state index contributed by atoms with van der Waals surface area (Å²) in [5.74, 6) is 2.15. The number of fused-ring (bicyclic) bond motifs is 1. The summed E-state index contributed by atoms with van der Waals surface area (Å²) in [6, 6.07) is 15.8. The van der Waals surface area contributed by atoms with E-state index in [2.05, 4.69) is 15.1 Å². The average molecular weight is 425 g/mol. The summed E-state index contributed by atoms with van der Waals surface area (Å²) in [6.45, 7) is 3.74. The summed E-state index contributed by atoms with van der Waals surface area (Å²) in [5, 5.41) is 4.26. The van der Waals surface area contributed by atoms with Crippen molar-refractivity contribution < 1.29 is 4.74 Å². The first-order chi connectivity index (χ1) is 15.4. The standard InChI is InChI=1S/C25H23N5O2/c1-15-12-18(14-29(3)25(15)31)20-8-9-21-23(28-16(2)27-21)24(20)32-19-7-5-6-17(13-19)22-10-11-26-30(22)4/h5-14H,1-4H3,(H,27,28). The van der Waals surface area contributed by atoms with E-state index >= 15 is 0 Å². The summed E-state index contributed by atoms with van der Waals surface area (Å²) >= 11 is 0. The number of hydrogen-bond acceptors (Lipinski definition) is 4. The van der Waals surface area contributed by atoms with Gasteiger partial charge >= 0.3 is 0 Å². The lowest BCUT2D eigenvalue weighted by Crippen LogP contribution is -2.18. The number of imidazole rings is 1. The third-order valence-corrected chi connectivity index (χ3v) is 5.57. The topological polar surface area (TPSA) is 77.7 Å². The van der Waals surface area contributed by atoms with Gasteiger partial charge in [0, 0.05) is 48.7 Å². The molecule has 7 nitrogen and oxygen atoms in total. The Hall–Kier alpha value is -4.13. The molecule has 32 heavy (non-hydrogen) atoms. The average Bonchev–Trinajstić information content (AvgIpc) is 3.37. The lowest BCUT2D eigenvalue weighted by Gasteiger charge is -2.14. The number of hydrogen-bond donors (Lipinski definition) is 1. The van der Waals surface area contributed by atoms with Crippen LogP contribution in [0.15, 0.2) is 65.7 Å². The van der Waals surface area contributed by atoms with Gasteiger partial charge < -0.3 is 14.3 Å². The summed E-state index contributed by atoms with van der Waals surface area (Å²) < 4.78 is 9.90. The molecule has 3 aromatic heterocycles. The van der Waals surface area contributed by atoms with Crippen LogP contribution in [-0.2, 0) is 14.1 Å². The minimum absolute atomic E-state index is 0.0169. The minimum Gasteiger partial charge on any atom is -0.454 e. The lowest BCUT2D eigenvalue weighted by molar-refractivity contribution is 0.489. The molecule has 0 saturated heterocycles. The number of H-pyrrole nitrogens is 1. The Balaban J connectivity index is 1.67. The van der Waals surface area contributed by atoms with Gasteiger partial charge in [0.2, 0.25) is 0 Å². The fraction of sp³-hybridized carbons (Fsp3) is 0.160. The normalized spacial score (nSPS) is 11.2. The van der Waals surface area contributed by atoms with Gasteiger partial charge in [0.15, 0.2) is 5.75 Å². The molecule has 0 aliphatic carbocycles. The molecule has 5 aromatic rings. The van der Waals surface area contributed by atoms with E-state index in [1.165, 1.54) is 0 Å². The number of rotatable bonds is 4. The largest absolute Gasteiger partial charge is 0.454 e. The molecule has 0 aliphatic heterocycles. The Morgan fingerprint density at radius 2 is 1.84 bits per heavy atom. The maximum Gasteiger partial charge on any atom is 0.253 e. The van der Waals surface area contributed by atoms with Crippen LogP contribution >= 0.6 is 0 Å². The van der Waals surface area contributed by atoms with Crippen molar-refractivity contribution in [2.24, 2.45) is 14.1 Å². The van der Waals surface area contributed by atoms with Crippen LogP contribution in [0.25, 0.3) is 33.4 Å². The van der Waals surface area contributed by atoms with Gasteiger partial charge in [-0.3, -0.25) is 9.48 Å². The van der Waals surface area contributed by atoms with Crippen LogP contribution < -0.4 is 10.3 Å². The zero-order valence-corrected chi connectivity index (χ0v) is 18.4. The highest BCUT2D eigenvalue weighted by molar-refractivity contribution is 5.91. The number of ether oxygens (including phenoxy) is 1. The van der Waals surface area contributed by atoms with Gasteiger partial charge in [-0.05, 0) is 50.2 Å². The molecule has 1 N–H and O–H groups in total. The van der Waals surface area contributed by atoms with Gasteiger partial charge in [-0.25, -0.2) is 4.98 Å². The molecule has 3 heterocycles. The molecule has 0 fully saturated rings. The zero-order valence-electron chi connectivity index (χ0n) is 18.4. The Kier molecular flexibility index (Phi) is 4.66. The summed E-state index contributed by atoms with van der Waals surface area (Å²) in [7, 11) is 3.67. The van der Waals surface area contributed by atoms with E-state index in [1.807, 2.05) is 80.3 Å². The fourth-order valence-corrected chi connectivity index (χ4v) is 4.02. The molecule has 7 heteroatoms. The van der Waals surface area contributed by atoms with Crippen LogP contribution in [-0.4, -0.2) is 24.3 Å². The smallest absolute Gasteiger partial charge is 0.253 e. The molecule has 0 radical (unpaired) electrons. The van der Waals surface area contributed by atoms with E-state index in [1.54, 1.807) is 17.8 Å². The monoisotopic (exact) mass is 425 g/mol. The SMILES string of the molecule is Cc1nc2c(Oc3cccc(-c4ccnn4C)c3)c(-c3cc(C)c(=O)n(C)c3)ccc2[nH]1. The first kappa shape index (κ1) is 19.8. The van der Waals surface area contributed by atoms with Crippen LogP contribution in [0.1, 0.15) is 11.4 Å². The van der Waals surface area contributed by atoms with Crippen molar-refractivity contribution in [1.29, 1.82) is 0 Å². The highest BCUT2D eigenvalue weighted by atomic mass is 16.5. The third kappa shape index (κ3) is 3.37. The number of benzene rings is 2. The second-order valence-corrected chi connectivity index (χ2v) is 7.96. The molecular formula is C25H23N5O2. The molecule has 0 saturated carbocycles. The number of aromatic amines is 1. The van der Waals surface area contributed by atoms with Crippen LogP contribution in [0, 0.1) is 13.8 Å². The maximum absolute atomic E-state index is 12.2. The molecule has 0 spiro atoms. The lowest BCUT2D eigenvalue weighted by atomic mass is 10.0. The van der Waals surface area contributed by atoms with E-state index < -0.39 is 0 Å². The Morgan fingerprint density at radius 3 is 2.59 bits per heavy atom. The van der Waals surface area contributed by atoms with Crippen LogP contribution in [0.2, 0.25) is 0 Å². The van der Waals surface area contributed by atoms with Gasteiger partial charge in [-0.2, -0.15) is 5.10 Å². The molecule has 0 unspecified atom stereocenters. The Morgan fingerprint density at radius 1 is 1.00 bits per heavy atom. The summed E-state index contributed by atoms with van der Waals surface area (Å²) in [5.41, 5.74) is 6.07. The first-order valence-electron chi connectivity index (χ1n) is 10.3. The number of aromatic nitrogens is 5. The van der Waals surface area contributed by atoms with E-state index in [9.17, 15) is 4.79 Å². The molecule has 160 valence electrons. The minimum atomic E-state index is -0.0169. The van der Waals surface area contributed by atoms with Crippen molar-refractivity contribution >= 4 is 11.0 Å². The molecule has 2 aromatic carbocycles. The maximum atomic E-state index is 12.2. The number of pyridine rings is 1. The Labute approximate surface area is 184 Å². The van der Waals surface area contributed by atoms with Crippen molar-refractivity contribution in [3.8, 4) is 33.9 Å². The van der Waals surface area contributed by atoms with Crippen molar-refractivity contribution in [2.75, 3.05) is 0 Å². The van der Waals surface area contributed by atoms with Crippen LogP contribution in [0.3, 0.4) is 0 Å². The zero-order chi connectivity index (χ0) is 22.4. The van der Waals surface area contributed by atoms with Crippen LogP contribution in [0.5, 0.6) is 11.5 Å². The number of aryl methyl sites for hydroxylation is 4. The van der Waals surface area contributed by atoms with Crippen molar-refractivity contribution in [3.05, 3.63) is 82.7 Å². The van der Waals surface area contributed by atoms with Gasteiger partial charge in [-0.1, -0.05) is 12.1 Å². The predicted molar refractivity (Wildman–Crippen MR) is 125 cm³/mol. The molecular weight excluding hydrogens is 402 g/mol. The molecule has 0 bridgehead atoms. The quantitative estimate of drug-likeness (QED) is 0.451. The van der Waals surface area contributed by atoms with Crippen molar-refractivity contribution in [2.45, 2.75) is 13.8 Å². The molecule has 5 rings (SSSR count). The van der Waals surface area contributed by atoms with Gasteiger partial charge in [0.25, 0.3) is 5.56 Å². The van der Waals surface area contributed by atoms with Gasteiger partial charge in [0.1, 0.15) is 17.1 Å². The van der Waals surface area contributed by atoms with Gasteiger partial charge in [-0.15, -0.1) is 0 Å². The molecule has 0 amide bonds. The third-order valence-electron chi connectivity index (χ3n) is 5.57. The first-order valence-corrected chi connectivity index (χ1v) is 10.3. The van der Waals surface area contributed by atoms with E-state index in [4.69, 9.17) is 4.74 Å². The van der Waals surface area contributed by atoms with Crippen molar-refractivity contribution in [1.82, 2.24) is 24.3 Å². The highest BCUT2D eigenvalue weighted by Gasteiger charge is 2.17. The van der Waals surface area contributed by atoms with E-state index in [0.29, 0.717) is 17.1 Å². The number of nitrogens with zero attached hydrogens (tertiary/aromatic N) is 4. The second kappa shape index (κ2) is 7.53. The Bertz CT molecular complexity index is 1500. The fourth-order valence-electron chi connectivity index (χ4n) is 4.02. The van der Waals surface area contributed by atoms with E-state index in [-0.39, 0.29) is 5.56 Å². The summed E-state index contributed by atoms with van der Waals surface area (Å²) in [4.78, 5) is 20.2. The molecule has 0 aliphatic rings. The van der Waals surface area contributed by atoms with Crippen molar-refractivity contribution in [3.63, 3.8) is 0 Å². The summed E-state index contributed by atoms with van der Waals surface area (Å²) in [6.07, 6.45) is 3.60. The highest BCUT2D eigenvalue weighted by Crippen LogP contribution is 2.39. The number of nitrogens with one attached hydrogen (secondary N) is 1. The predicted octanol–water partition coefficient (Wildman–Crippen LogP) is 4.74. The van der Waals surface area contributed by atoms with Crippen LogP contribution in [0.4, 0.5) is 0 Å². The van der Waals surface area contributed by atoms with Gasteiger partial charge in [0.05, 0.1) is 11.2 Å².